The van der Waals surface area contributed by atoms with Crippen molar-refractivity contribution in [3.05, 3.63) is 29.3 Å². The van der Waals surface area contributed by atoms with E-state index < -0.39 is 30.0 Å². The molecule has 1 atom stereocenters. The third-order valence-corrected chi connectivity index (χ3v) is 2.79. The van der Waals surface area contributed by atoms with Gasteiger partial charge in [-0.1, -0.05) is 15.9 Å². The number of halogens is 3. The molecule has 0 saturated heterocycles. The SMILES string of the molecule is O=C(CCBr)c1ccc(OC(F)F)c(C(O)C(=O)O)c1. The molecular weight excluding hydrogens is 342 g/mol. The summed E-state index contributed by atoms with van der Waals surface area (Å²) in [7, 11) is 0. The van der Waals surface area contributed by atoms with E-state index in [1.807, 2.05) is 0 Å². The maximum Gasteiger partial charge on any atom is 0.387 e. The molecule has 0 bridgehead atoms. The van der Waals surface area contributed by atoms with E-state index in [9.17, 15) is 23.5 Å². The molecule has 0 aromatic heterocycles. The first kappa shape index (κ1) is 16.5. The van der Waals surface area contributed by atoms with Crippen LogP contribution in [-0.4, -0.2) is 33.9 Å². The zero-order valence-electron chi connectivity index (χ0n) is 10.1. The molecule has 1 aromatic carbocycles. The second kappa shape index (κ2) is 7.30. The van der Waals surface area contributed by atoms with Gasteiger partial charge in [0.1, 0.15) is 5.75 Å². The summed E-state index contributed by atoms with van der Waals surface area (Å²) in [5.41, 5.74) is -0.278. The summed E-state index contributed by atoms with van der Waals surface area (Å²) >= 11 is 3.08. The predicted molar refractivity (Wildman–Crippen MR) is 68.4 cm³/mol. The van der Waals surface area contributed by atoms with Gasteiger partial charge in [-0.2, -0.15) is 8.78 Å². The number of carbonyl (C=O) groups excluding carboxylic acids is 1. The lowest BCUT2D eigenvalue weighted by molar-refractivity contribution is -0.147. The average Bonchev–Trinajstić information content (AvgIpc) is 2.37. The van der Waals surface area contributed by atoms with Crippen LogP contribution in [0.15, 0.2) is 18.2 Å². The van der Waals surface area contributed by atoms with Gasteiger partial charge in [-0.25, -0.2) is 4.79 Å². The van der Waals surface area contributed by atoms with Crippen LogP contribution in [0.4, 0.5) is 8.78 Å². The number of ether oxygens (including phenoxy) is 1. The Morgan fingerprint density at radius 3 is 2.50 bits per heavy atom. The van der Waals surface area contributed by atoms with Crippen molar-refractivity contribution < 1.29 is 33.3 Å². The normalized spacial score (nSPS) is 12.2. The van der Waals surface area contributed by atoms with Crippen molar-refractivity contribution in [3.63, 3.8) is 0 Å². The molecule has 2 N–H and O–H groups in total. The molecule has 0 spiro atoms. The van der Waals surface area contributed by atoms with E-state index in [1.54, 1.807) is 0 Å². The number of ketones is 1. The van der Waals surface area contributed by atoms with Crippen LogP contribution in [0.1, 0.15) is 28.4 Å². The zero-order chi connectivity index (χ0) is 15.3. The van der Waals surface area contributed by atoms with E-state index in [1.165, 1.54) is 6.07 Å². The fourth-order valence-electron chi connectivity index (χ4n) is 1.50. The van der Waals surface area contributed by atoms with Crippen molar-refractivity contribution in [2.45, 2.75) is 19.1 Å². The van der Waals surface area contributed by atoms with Crippen LogP contribution in [-0.2, 0) is 4.79 Å². The Hall–Kier alpha value is -1.54. The third-order valence-electron chi connectivity index (χ3n) is 2.40. The van der Waals surface area contributed by atoms with Crippen LogP contribution < -0.4 is 4.74 Å². The number of hydrogen-bond acceptors (Lipinski definition) is 4. The highest BCUT2D eigenvalue weighted by Crippen LogP contribution is 2.28. The number of hydrogen-bond donors (Lipinski definition) is 2. The Labute approximate surface area is 121 Å². The number of alkyl halides is 3. The van der Waals surface area contributed by atoms with Crippen molar-refractivity contribution in [1.82, 2.24) is 0 Å². The topological polar surface area (TPSA) is 83.8 Å². The number of carboxylic acids is 1. The lowest BCUT2D eigenvalue weighted by Gasteiger charge is -2.14. The fourth-order valence-corrected chi connectivity index (χ4v) is 1.86. The molecule has 0 heterocycles. The summed E-state index contributed by atoms with van der Waals surface area (Å²) < 4.78 is 28.6. The molecule has 1 rings (SSSR count). The van der Waals surface area contributed by atoms with Crippen LogP contribution in [0.25, 0.3) is 0 Å². The first-order chi connectivity index (χ1) is 9.36. The van der Waals surface area contributed by atoms with Crippen molar-refractivity contribution in [2.75, 3.05) is 5.33 Å². The molecule has 8 heteroatoms. The first-order valence-corrected chi connectivity index (χ1v) is 6.57. The lowest BCUT2D eigenvalue weighted by atomic mass is 10.0. The van der Waals surface area contributed by atoms with Gasteiger partial charge < -0.3 is 14.9 Å². The Morgan fingerprint density at radius 2 is 2.00 bits per heavy atom. The molecule has 0 saturated carbocycles. The van der Waals surface area contributed by atoms with E-state index in [4.69, 9.17) is 5.11 Å². The van der Waals surface area contributed by atoms with Gasteiger partial charge >= 0.3 is 12.6 Å². The van der Waals surface area contributed by atoms with Gasteiger partial charge in [0.25, 0.3) is 0 Å². The molecule has 0 aliphatic carbocycles. The summed E-state index contributed by atoms with van der Waals surface area (Å²) in [6, 6.07) is 3.32. The summed E-state index contributed by atoms with van der Waals surface area (Å²) in [6.07, 6.45) is -1.90. The van der Waals surface area contributed by atoms with Crippen LogP contribution in [0.3, 0.4) is 0 Å². The molecule has 1 aromatic rings. The summed E-state index contributed by atoms with van der Waals surface area (Å²) in [4.78, 5) is 22.4. The molecule has 5 nitrogen and oxygen atoms in total. The monoisotopic (exact) mass is 352 g/mol. The van der Waals surface area contributed by atoms with E-state index in [-0.39, 0.29) is 17.8 Å². The lowest BCUT2D eigenvalue weighted by Crippen LogP contribution is -2.15. The Kier molecular flexibility index (Phi) is 6.03. The van der Waals surface area contributed by atoms with Gasteiger partial charge in [0.05, 0.1) is 0 Å². The number of carbonyl (C=O) groups is 2. The van der Waals surface area contributed by atoms with Gasteiger partial charge in [-0.15, -0.1) is 0 Å². The second-order valence-electron chi connectivity index (χ2n) is 3.73. The van der Waals surface area contributed by atoms with Crippen LogP contribution in [0, 0.1) is 0 Å². The summed E-state index contributed by atoms with van der Waals surface area (Å²) in [5, 5.41) is 18.6. The standard InChI is InChI=1S/C12H11BrF2O5/c13-4-3-8(16)6-1-2-9(20-12(14)15)7(5-6)10(17)11(18)19/h1-2,5,10,12,17H,3-4H2,(H,18,19). The van der Waals surface area contributed by atoms with Gasteiger partial charge in [0.2, 0.25) is 0 Å². The van der Waals surface area contributed by atoms with Crippen molar-refractivity contribution >= 4 is 27.7 Å². The van der Waals surface area contributed by atoms with Crippen molar-refractivity contribution in [2.24, 2.45) is 0 Å². The molecule has 0 fully saturated rings. The fraction of sp³-hybridized carbons (Fsp3) is 0.333. The smallest absolute Gasteiger partial charge is 0.387 e. The predicted octanol–water partition coefficient (Wildman–Crippen LogP) is 2.37. The molecular formula is C12H11BrF2O5. The zero-order valence-corrected chi connectivity index (χ0v) is 11.6. The Balaban J connectivity index is 3.20. The minimum absolute atomic E-state index is 0.112. The Bertz CT molecular complexity index is 507. The number of aliphatic carboxylic acids is 1. The number of benzene rings is 1. The highest BCUT2D eigenvalue weighted by Gasteiger charge is 2.23. The third kappa shape index (κ3) is 4.24. The number of aliphatic hydroxyl groups is 1. The van der Waals surface area contributed by atoms with Crippen molar-refractivity contribution in [1.29, 1.82) is 0 Å². The van der Waals surface area contributed by atoms with Crippen LogP contribution in [0.5, 0.6) is 5.75 Å². The van der Waals surface area contributed by atoms with Gasteiger partial charge in [0.15, 0.2) is 11.9 Å². The number of carboxylic acid groups (broad SMARTS) is 1. The quantitative estimate of drug-likeness (QED) is 0.581. The van der Waals surface area contributed by atoms with E-state index >= 15 is 0 Å². The molecule has 0 radical (unpaired) electrons. The van der Waals surface area contributed by atoms with Gasteiger partial charge in [0, 0.05) is 22.9 Å². The molecule has 0 amide bonds. The minimum atomic E-state index is -3.17. The molecule has 0 aliphatic heterocycles. The van der Waals surface area contributed by atoms with Crippen LogP contribution in [0.2, 0.25) is 0 Å². The summed E-state index contributed by atoms with van der Waals surface area (Å²) in [5.74, 6) is -2.43. The first-order valence-electron chi connectivity index (χ1n) is 5.45. The Morgan fingerprint density at radius 1 is 1.35 bits per heavy atom. The maximum atomic E-state index is 12.2. The highest BCUT2D eigenvalue weighted by atomic mass is 79.9. The van der Waals surface area contributed by atoms with Crippen molar-refractivity contribution in [3.8, 4) is 5.75 Å². The maximum absolute atomic E-state index is 12.2. The summed E-state index contributed by atoms with van der Waals surface area (Å²) in [6.45, 7) is -3.17. The highest BCUT2D eigenvalue weighted by molar-refractivity contribution is 9.09. The van der Waals surface area contributed by atoms with E-state index in [0.717, 1.165) is 12.1 Å². The molecule has 20 heavy (non-hydrogen) atoms. The molecule has 1 unspecified atom stereocenters. The van der Waals surface area contributed by atoms with Gasteiger partial charge in [-0.05, 0) is 18.2 Å². The van der Waals surface area contributed by atoms with Gasteiger partial charge in [-0.3, -0.25) is 4.79 Å². The number of Topliss-reactive ketones (excluding diaryl/α,β-unsaturated/α-hetero) is 1. The molecule has 110 valence electrons. The van der Waals surface area contributed by atoms with E-state index in [0.29, 0.717) is 5.33 Å². The van der Waals surface area contributed by atoms with Crippen LogP contribution >= 0.6 is 15.9 Å². The largest absolute Gasteiger partial charge is 0.479 e. The van der Waals surface area contributed by atoms with E-state index in [2.05, 4.69) is 20.7 Å². The minimum Gasteiger partial charge on any atom is -0.479 e. The average molecular weight is 353 g/mol. The second-order valence-corrected chi connectivity index (χ2v) is 4.53. The number of rotatable bonds is 7. The number of aliphatic hydroxyl groups excluding tert-OH is 1. The molecule has 0 aliphatic rings.